The highest BCUT2D eigenvalue weighted by molar-refractivity contribution is 7.91. The van der Waals surface area contributed by atoms with Crippen molar-refractivity contribution in [2.24, 2.45) is 0 Å². The Labute approximate surface area is 122 Å². The molecule has 21 heavy (non-hydrogen) atoms. The van der Waals surface area contributed by atoms with Crippen molar-refractivity contribution in [3.05, 3.63) is 48.5 Å². The Morgan fingerprint density at radius 1 is 1.05 bits per heavy atom. The number of sulfone groups is 1. The zero-order valence-electron chi connectivity index (χ0n) is 11.3. The molecule has 0 aliphatic heterocycles. The number of hydrogen-bond donors (Lipinski definition) is 3. The standard InChI is InChI=1S/C14H15N3O3S/c1-16-14(18)17-13-9-11(7-8-12(13)15)21(19,20)10-5-3-2-4-6-10/h2-9H,15H2,1H3,(H2,16,17,18). The molecule has 0 bridgehead atoms. The zero-order chi connectivity index (χ0) is 15.5. The normalized spacial score (nSPS) is 10.9. The molecule has 2 aromatic rings. The van der Waals surface area contributed by atoms with Crippen LogP contribution in [0.5, 0.6) is 0 Å². The smallest absolute Gasteiger partial charge is 0.319 e. The van der Waals surface area contributed by atoms with E-state index in [1.807, 2.05) is 0 Å². The molecule has 0 radical (unpaired) electrons. The van der Waals surface area contributed by atoms with Crippen molar-refractivity contribution < 1.29 is 13.2 Å². The summed E-state index contributed by atoms with van der Waals surface area (Å²) in [6.45, 7) is 0. The summed E-state index contributed by atoms with van der Waals surface area (Å²) in [5.74, 6) is 0. The van der Waals surface area contributed by atoms with Gasteiger partial charge in [-0.05, 0) is 30.3 Å². The monoisotopic (exact) mass is 305 g/mol. The number of carbonyl (C=O) groups excluding carboxylic acids is 1. The third kappa shape index (κ3) is 3.14. The molecule has 0 unspecified atom stereocenters. The second-order valence-corrected chi connectivity index (χ2v) is 6.22. The van der Waals surface area contributed by atoms with Gasteiger partial charge in [-0.3, -0.25) is 0 Å². The minimum Gasteiger partial charge on any atom is -0.397 e. The lowest BCUT2D eigenvalue weighted by molar-refractivity contribution is 0.254. The minimum atomic E-state index is -3.65. The number of benzene rings is 2. The maximum absolute atomic E-state index is 12.5. The molecule has 0 heterocycles. The lowest BCUT2D eigenvalue weighted by Gasteiger charge is -2.10. The van der Waals surface area contributed by atoms with E-state index in [0.29, 0.717) is 0 Å². The molecular formula is C14H15N3O3S. The van der Waals surface area contributed by atoms with E-state index in [9.17, 15) is 13.2 Å². The highest BCUT2D eigenvalue weighted by atomic mass is 32.2. The van der Waals surface area contributed by atoms with Crippen molar-refractivity contribution in [2.75, 3.05) is 18.1 Å². The van der Waals surface area contributed by atoms with Crippen molar-refractivity contribution in [1.29, 1.82) is 0 Å². The number of nitrogens with two attached hydrogens (primary N) is 1. The lowest BCUT2D eigenvalue weighted by Crippen LogP contribution is -2.25. The van der Waals surface area contributed by atoms with Gasteiger partial charge in [0.05, 0.1) is 21.2 Å². The molecule has 7 heteroatoms. The summed E-state index contributed by atoms with van der Waals surface area (Å²) in [4.78, 5) is 11.6. The Balaban J connectivity index is 2.46. The third-order valence-corrected chi connectivity index (χ3v) is 4.63. The highest BCUT2D eigenvalue weighted by Crippen LogP contribution is 2.27. The number of nitrogens with one attached hydrogen (secondary N) is 2. The van der Waals surface area contributed by atoms with Gasteiger partial charge in [-0.1, -0.05) is 18.2 Å². The number of rotatable bonds is 3. The van der Waals surface area contributed by atoms with E-state index in [2.05, 4.69) is 10.6 Å². The first kappa shape index (κ1) is 14.9. The second kappa shape index (κ2) is 5.84. The fourth-order valence-electron chi connectivity index (χ4n) is 1.73. The maximum atomic E-state index is 12.5. The maximum Gasteiger partial charge on any atom is 0.319 e. The highest BCUT2D eigenvalue weighted by Gasteiger charge is 2.18. The van der Waals surface area contributed by atoms with Gasteiger partial charge in [0.1, 0.15) is 0 Å². The number of urea groups is 1. The number of carbonyl (C=O) groups is 1. The number of anilines is 2. The van der Waals surface area contributed by atoms with Crippen LogP contribution in [0.15, 0.2) is 58.3 Å². The third-order valence-electron chi connectivity index (χ3n) is 2.86. The first-order valence-corrected chi connectivity index (χ1v) is 7.62. The molecule has 0 aliphatic carbocycles. The Hall–Kier alpha value is -2.54. The van der Waals surface area contributed by atoms with E-state index in [4.69, 9.17) is 5.73 Å². The van der Waals surface area contributed by atoms with Crippen LogP contribution in [0.25, 0.3) is 0 Å². The molecule has 2 amide bonds. The van der Waals surface area contributed by atoms with Crippen LogP contribution in [0, 0.1) is 0 Å². The summed E-state index contributed by atoms with van der Waals surface area (Å²) in [6, 6.07) is 11.8. The van der Waals surface area contributed by atoms with Gasteiger partial charge in [0, 0.05) is 7.05 Å². The van der Waals surface area contributed by atoms with Crippen LogP contribution in [-0.2, 0) is 9.84 Å². The van der Waals surface area contributed by atoms with Crippen LogP contribution >= 0.6 is 0 Å². The molecule has 0 spiro atoms. The van der Waals surface area contributed by atoms with Crippen LogP contribution < -0.4 is 16.4 Å². The molecule has 0 atom stereocenters. The van der Waals surface area contributed by atoms with E-state index in [0.717, 1.165) is 0 Å². The van der Waals surface area contributed by atoms with Crippen LogP contribution in [0.2, 0.25) is 0 Å². The fourth-order valence-corrected chi connectivity index (χ4v) is 3.04. The van der Waals surface area contributed by atoms with Gasteiger partial charge in [-0.15, -0.1) is 0 Å². The molecule has 4 N–H and O–H groups in total. The second-order valence-electron chi connectivity index (χ2n) is 4.27. The van der Waals surface area contributed by atoms with E-state index < -0.39 is 15.9 Å². The van der Waals surface area contributed by atoms with E-state index >= 15 is 0 Å². The van der Waals surface area contributed by atoms with Gasteiger partial charge in [-0.25, -0.2) is 13.2 Å². The van der Waals surface area contributed by atoms with Gasteiger partial charge >= 0.3 is 6.03 Å². The molecule has 0 fully saturated rings. The number of nitrogen functional groups attached to an aromatic ring is 1. The van der Waals surface area contributed by atoms with Crippen LogP contribution in [0.4, 0.5) is 16.2 Å². The molecule has 6 nitrogen and oxygen atoms in total. The quantitative estimate of drug-likeness (QED) is 0.753. The summed E-state index contributed by atoms with van der Waals surface area (Å²) in [5.41, 5.74) is 6.26. The predicted octanol–water partition coefficient (Wildman–Crippen LogP) is 1.85. The Bertz CT molecular complexity index is 758. The summed E-state index contributed by atoms with van der Waals surface area (Å²) in [6.07, 6.45) is 0. The minimum absolute atomic E-state index is 0.0642. The Morgan fingerprint density at radius 3 is 2.33 bits per heavy atom. The van der Waals surface area contributed by atoms with Crippen molar-refractivity contribution >= 4 is 27.2 Å². The van der Waals surface area contributed by atoms with Crippen LogP contribution in [0.1, 0.15) is 0 Å². The van der Waals surface area contributed by atoms with Crippen molar-refractivity contribution in [3.8, 4) is 0 Å². The molecule has 110 valence electrons. The SMILES string of the molecule is CNC(=O)Nc1cc(S(=O)(=O)c2ccccc2)ccc1N. The molecule has 0 saturated carbocycles. The summed E-state index contributed by atoms with van der Waals surface area (Å²) in [7, 11) is -2.19. The Morgan fingerprint density at radius 2 is 1.71 bits per heavy atom. The van der Waals surface area contributed by atoms with Gasteiger partial charge in [0.15, 0.2) is 0 Å². The molecule has 0 aromatic heterocycles. The number of hydrogen-bond acceptors (Lipinski definition) is 4. The lowest BCUT2D eigenvalue weighted by atomic mass is 10.3. The zero-order valence-corrected chi connectivity index (χ0v) is 12.1. The Kier molecular flexibility index (Phi) is 4.13. The molecular weight excluding hydrogens is 290 g/mol. The first-order chi connectivity index (χ1) is 9.95. The first-order valence-electron chi connectivity index (χ1n) is 6.13. The number of amides is 2. The topological polar surface area (TPSA) is 101 Å². The predicted molar refractivity (Wildman–Crippen MR) is 80.8 cm³/mol. The fraction of sp³-hybridized carbons (Fsp3) is 0.0714. The van der Waals surface area contributed by atoms with Crippen LogP contribution in [-0.4, -0.2) is 21.5 Å². The molecule has 2 rings (SSSR count). The van der Waals surface area contributed by atoms with Crippen LogP contribution in [0.3, 0.4) is 0 Å². The summed E-state index contributed by atoms with van der Waals surface area (Å²) >= 11 is 0. The van der Waals surface area contributed by atoms with Gasteiger partial charge < -0.3 is 16.4 Å². The van der Waals surface area contributed by atoms with Crippen molar-refractivity contribution in [1.82, 2.24) is 5.32 Å². The molecule has 0 aliphatic rings. The van der Waals surface area contributed by atoms with Gasteiger partial charge in [0.2, 0.25) is 9.84 Å². The van der Waals surface area contributed by atoms with Gasteiger partial charge in [0.25, 0.3) is 0 Å². The van der Waals surface area contributed by atoms with E-state index in [-0.39, 0.29) is 21.2 Å². The average Bonchev–Trinajstić information content (AvgIpc) is 2.50. The van der Waals surface area contributed by atoms with Crippen molar-refractivity contribution in [3.63, 3.8) is 0 Å². The summed E-state index contributed by atoms with van der Waals surface area (Å²) < 4.78 is 25.0. The largest absolute Gasteiger partial charge is 0.397 e. The van der Waals surface area contributed by atoms with Gasteiger partial charge in [-0.2, -0.15) is 0 Å². The van der Waals surface area contributed by atoms with E-state index in [1.165, 1.54) is 37.4 Å². The summed E-state index contributed by atoms with van der Waals surface area (Å²) in [5, 5.41) is 4.86. The average molecular weight is 305 g/mol. The van der Waals surface area contributed by atoms with E-state index in [1.54, 1.807) is 18.2 Å². The van der Waals surface area contributed by atoms with Crippen molar-refractivity contribution in [2.45, 2.75) is 9.79 Å². The molecule has 2 aromatic carbocycles. The molecule has 0 saturated heterocycles.